The molecule has 1 unspecified atom stereocenters. The number of hydrogen-bond donors (Lipinski definition) is 2. The molecule has 1 rings (SSSR count). The standard InChI is InChI=1S/C9H14INO2/c10-7-5-3-1-2-4-6-8(7)11-9(12)13/h3,5,7-8,11H,1-2,4,6H2,(H,12,13)/b5-3+/t7?,8-/m1/s1. The van der Waals surface area contributed by atoms with E-state index in [9.17, 15) is 4.79 Å². The van der Waals surface area contributed by atoms with E-state index in [0.29, 0.717) is 0 Å². The quantitative estimate of drug-likeness (QED) is 0.444. The number of carbonyl (C=O) groups is 1. The van der Waals surface area contributed by atoms with E-state index in [1.54, 1.807) is 0 Å². The van der Waals surface area contributed by atoms with Gasteiger partial charge in [0.1, 0.15) is 0 Å². The zero-order valence-electron chi connectivity index (χ0n) is 7.37. The maximum Gasteiger partial charge on any atom is 0.404 e. The van der Waals surface area contributed by atoms with Crippen LogP contribution in [0.25, 0.3) is 0 Å². The number of carboxylic acid groups (broad SMARTS) is 1. The second-order valence-corrected chi connectivity index (χ2v) is 4.65. The molecule has 0 fully saturated rings. The second kappa shape index (κ2) is 5.47. The molecule has 0 heterocycles. The Balaban J connectivity index is 2.52. The number of hydrogen-bond acceptors (Lipinski definition) is 1. The third-order valence-electron chi connectivity index (χ3n) is 2.15. The van der Waals surface area contributed by atoms with Crippen molar-refractivity contribution in [2.75, 3.05) is 0 Å². The highest BCUT2D eigenvalue weighted by molar-refractivity contribution is 14.1. The molecule has 2 N–H and O–H groups in total. The molecule has 0 spiro atoms. The van der Waals surface area contributed by atoms with E-state index >= 15 is 0 Å². The second-order valence-electron chi connectivity index (χ2n) is 3.21. The van der Waals surface area contributed by atoms with Crippen molar-refractivity contribution in [3.8, 4) is 0 Å². The van der Waals surface area contributed by atoms with Crippen molar-refractivity contribution in [2.24, 2.45) is 0 Å². The van der Waals surface area contributed by atoms with E-state index in [0.717, 1.165) is 25.7 Å². The van der Waals surface area contributed by atoms with Crippen molar-refractivity contribution in [2.45, 2.75) is 35.6 Å². The molecule has 2 atom stereocenters. The van der Waals surface area contributed by atoms with E-state index in [1.807, 2.05) is 0 Å². The highest BCUT2D eigenvalue weighted by atomic mass is 127. The van der Waals surface area contributed by atoms with Crippen LogP contribution in [-0.4, -0.2) is 21.2 Å². The van der Waals surface area contributed by atoms with E-state index in [4.69, 9.17) is 5.11 Å². The van der Waals surface area contributed by atoms with Crippen LogP contribution in [0.3, 0.4) is 0 Å². The molecule has 0 saturated heterocycles. The lowest BCUT2D eigenvalue weighted by Crippen LogP contribution is -2.39. The van der Waals surface area contributed by atoms with Crippen LogP contribution in [0.5, 0.6) is 0 Å². The summed E-state index contributed by atoms with van der Waals surface area (Å²) in [6, 6.07) is 0.0784. The zero-order valence-corrected chi connectivity index (χ0v) is 9.53. The summed E-state index contributed by atoms with van der Waals surface area (Å²) >= 11 is 2.28. The van der Waals surface area contributed by atoms with Gasteiger partial charge in [0.25, 0.3) is 0 Å². The Morgan fingerprint density at radius 2 is 2.31 bits per heavy atom. The SMILES string of the molecule is O=C(O)N[C@@H]1CCCC/C=C/C1I. The predicted molar refractivity (Wildman–Crippen MR) is 60.4 cm³/mol. The third kappa shape index (κ3) is 3.97. The lowest BCUT2D eigenvalue weighted by atomic mass is 10.0. The van der Waals surface area contributed by atoms with E-state index in [-0.39, 0.29) is 9.97 Å². The molecular weight excluding hydrogens is 281 g/mol. The minimum absolute atomic E-state index is 0.0784. The molecule has 74 valence electrons. The summed E-state index contributed by atoms with van der Waals surface area (Å²) < 4.78 is 0.286. The summed E-state index contributed by atoms with van der Waals surface area (Å²) in [7, 11) is 0. The molecule has 0 bridgehead atoms. The van der Waals surface area contributed by atoms with Crippen LogP contribution in [0, 0.1) is 0 Å². The molecule has 4 heteroatoms. The van der Waals surface area contributed by atoms with Gasteiger partial charge in [-0.15, -0.1) is 0 Å². The van der Waals surface area contributed by atoms with Gasteiger partial charge < -0.3 is 10.4 Å². The molecule has 0 saturated carbocycles. The average Bonchev–Trinajstić information content (AvgIpc) is 2.04. The first-order valence-electron chi connectivity index (χ1n) is 4.50. The van der Waals surface area contributed by atoms with Gasteiger partial charge in [-0.25, -0.2) is 4.79 Å². The van der Waals surface area contributed by atoms with Crippen molar-refractivity contribution in [1.82, 2.24) is 5.32 Å². The summed E-state index contributed by atoms with van der Waals surface area (Å²) in [5.74, 6) is 0. The van der Waals surface area contributed by atoms with Crippen LogP contribution in [0.2, 0.25) is 0 Å². The molecular formula is C9H14INO2. The van der Waals surface area contributed by atoms with Crippen LogP contribution in [-0.2, 0) is 0 Å². The minimum atomic E-state index is -0.916. The summed E-state index contributed by atoms with van der Waals surface area (Å²) in [5.41, 5.74) is 0. The van der Waals surface area contributed by atoms with Crippen LogP contribution >= 0.6 is 22.6 Å². The monoisotopic (exact) mass is 295 g/mol. The smallest absolute Gasteiger partial charge is 0.404 e. The summed E-state index contributed by atoms with van der Waals surface area (Å²) in [6.45, 7) is 0. The maximum absolute atomic E-state index is 10.5. The lowest BCUT2D eigenvalue weighted by Gasteiger charge is -2.21. The Labute approximate surface area is 91.7 Å². The number of alkyl halides is 1. The van der Waals surface area contributed by atoms with E-state index in [1.165, 1.54) is 0 Å². The molecule has 0 aromatic heterocycles. The topological polar surface area (TPSA) is 49.3 Å². The fraction of sp³-hybridized carbons (Fsp3) is 0.667. The highest BCUT2D eigenvalue weighted by Crippen LogP contribution is 2.18. The number of rotatable bonds is 1. The predicted octanol–water partition coefficient (Wildman–Crippen LogP) is 2.56. The Kier molecular flexibility index (Phi) is 4.55. The van der Waals surface area contributed by atoms with Gasteiger partial charge >= 0.3 is 6.09 Å². The van der Waals surface area contributed by atoms with Crippen LogP contribution < -0.4 is 5.32 Å². The summed E-state index contributed by atoms with van der Waals surface area (Å²) in [6.07, 6.45) is 7.67. The first-order chi connectivity index (χ1) is 6.20. The van der Waals surface area contributed by atoms with E-state index < -0.39 is 6.09 Å². The molecule has 13 heavy (non-hydrogen) atoms. The molecule has 1 amide bonds. The number of halogens is 1. The highest BCUT2D eigenvalue weighted by Gasteiger charge is 2.18. The Morgan fingerprint density at radius 1 is 1.54 bits per heavy atom. The van der Waals surface area contributed by atoms with Gasteiger partial charge in [0.2, 0.25) is 0 Å². The largest absolute Gasteiger partial charge is 0.465 e. The van der Waals surface area contributed by atoms with Gasteiger partial charge in [0.15, 0.2) is 0 Å². The third-order valence-corrected chi connectivity index (χ3v) is 3.43. The first kappa shape index (κ1) is 10.8. The van der Waals surface area contributed by atoms with Gasteiger partial charge in [-0.05, 0) is 19.3 Å². The molecule has 0 aliphatic heterocycles. The fourth-order valence-corrected chi connectivity index (χ4v) is 2.29. The van der Waals surface area contributed by atoms with Crippen LogP contribution in [0.1, 0.15) is 25.7 Å². The maximum atomic E-state index is 10.5. The fourth-order valence-electron chi connectivity index (χ4n) is 1.46. The molecule has 1 aliphatic carbocycles. The van der Waals surface area contributed by atoms with Gasteiger partial charge in [0, 0.05) is 9.97 Å². The lowest BCUT2D eigenvalue weighted by molar-refractivity contribution is 0.189. The van der Waals surface area contributed by atoms with E-state index in [2.05, 4.69) is 40.1 Å². The summed E-state index contributed by atoms with van der Waals surface area (Å²) in [5, 5.41) is 11.2. The first-order valence-corrected chi connectivity index (χ1v) is 5.75. The molecule has 3 nitrogen and oxygen atoms in total. The van der Waals surface area contributed by atoms with Gasteiger partial charge in [-0.1, -0.05) is 41.2 Å². The number of nitrogens with one attached hydrogen (secondary N) is 1. The number of allylic oxidation sites excluding steroid dienone is 1. The average molecular weight is 295 g/mol. The van der Waals surface area contributed by atoms with Crippen LogP contribution in [0.15, 0.2) is 12.2 Å². The van der Waals surface area contributed by atoms with Crippen molar-refractivity contribution >= 4 is 28.7 Å². The summed E-state index contributed by atoms with van der Waals surface area (Å²) in [4.78, 5) is 10.5. The van der Waals surface area contributed by atoms with Gasteiger partial charge in [-0.3, -0.25) is 0 Å². The normalized spacial score (nSPS) is 31.5. The number of amides is 1. The van der Waals surface area contributed by atoms with Crippen molar-refractivity contribution in [3.63, 3.8) is 0 Å². The van der Waals surface area contributed by atoms with Crippen LogP contribution in [0.4, 0.5) is 4.79 Å². The molecule has 0 aromatic rings. The Bertz CT molecular complexity index is 206. The van der Waals surface area contributed by atoms with Gasteiger partial charge in [0.05, 0.1) is 0 Å². The molecule has 1 aliphatic rings. The zero-order chi connectivity index (χ0) is 9.68. The van der Waals surface area contributed by atoms with Crippen molar-refractivity contribution in [3.05, 3.63) is 12.2 Å². The van der Waals surface area contributed by atoms with Crippen molar-refractivity contribution in [1.29, 1.82) is 0 Å². The van der Waals surface area contributed by atoms with Crippen molar-refractivity contribution < 1.29 is 9.90 Å². The Morgan fingerprint density at radius 3 is 3.00 bits per heavy atom. The van der Waals surface area contributed by atoms with Gasteiger partial charge in [-0.2, -0.15) is 0 Å². The molecule has 0 radical (unpaired) electrons. The molecule has 0 aromatic carbocycles. The Hall–Kier alpha value is -0.260. The minimum Gasteiger partial charge on any atom is -0.465 e.